The minimum atomic E-state index is -0.155. The van der Waals surface area contributed by atoms with E-state index < -0.39 is 0 Å². The summed E-state index contributed by atoms with van der Waals surface area (Å²) >= 11 is 5.61. The Hall–Kier alpha value is -3.23. The zero-order valence-corrected chi connectivity index (χ0v) is 20.3. The number of hydrogen-bond acceptors (Lipinski definition) is 6. The summed E-state index contributed by atoms with van der Waals surface area (Å²) in [6.45, 7) is 1.53. The first-order chi connectivity index (χ1) is 16.0. The van der Waals surface area contributed by atoms with E-state index in [2.05, 4.69) is 28.7 Å². The van der Waals surface area contributed by atoms with Crippen LogP contribution in [-0.4, -0.2) is 58.6 Å². The van der Waals surface area contributed by atoms with Crippen molar-refractivity contribution in [2.24, 2.45) is 0 Å². The number of hydrogen-bond donors (Lipinski definition) is 2. The summed E-state index contributed by atoms with van der Waals surface area (Å²) in [6, 6.07) is 11.4. The smallest absolute Gasteiger partial charge is 0.171 e. The minimum absolute atomic E-state index is 0.155. The monoisotopic (exact) mass is 467 g/mol. The Morgan fingerprint density at radius 2 is 1.58 bits per heavy atom. The third-order valence-corrected chi connectivity index (χ3v) is 6.12. The Labute approximate surface area is 200 Å². The van der Waals surface area contributed by atoms with Gasteiger partial charge in [0.05, 0.1) is 34.5 Å². The third kappa shape index (κ3) is 4.62. The minimum Gasteiger partial charge on any atom is -0.497 e. The standard InChI is InChI=1S/C25H29N3O4S/c1-28-13-16(10-15-11-17(29-2)6-8-21(15)31-4)23-20(14-28)24(27-25(33)26-23)19-12-18(30-3)7-9-22(19)32-5/h6-12,24H,13-14H2,1-5H3,(H2,26,27,33)/b16-10+. The summed E-state index contributed by atoms with van der Waals surface area (Å²) in [6.07, 6.45) is 2.13. The lowest BCUT2D eigenvalue weighted by molar-refractivity contribution is 0.358. The molecule has 2 heterocycles. The number of rotatable bonds is 6. The molecule has 0 aliphatic carbocycles. The van der Waals surface area contributed by atoms with E-state index in [4.69, 9.17) is 31.2 Å². The van der Waals surface area contributed by atoms with Crippen molar-refractivity contribution in [1.82, 2.24) is 15.5 Å². The zero-order chi connectivity index (χ0) is 23.5. The maximum Gasteiger partial charge on any atom is 0.171 e. The van der Waals surface area contributed by atoms with Gasteiger partial charge in [0.2, 0.25) is 0 Å². The molecule has 8 heteroatoms. The highest BCUT2D eigenvalue weighted by Crippen LogP contribution is 2.39. The molecule has 0 radical (unpaired) electrons. The summed E-state index contributed by atoms with van der Waals surface area (Å²) in [5.41, 5.74) is 5.23. The summed E-state index contributed by atoms with van der Waals surface area (Å²) in [4.78, 5) is 2.27. The lowest BCUT2D eigenvalue weighted by Crippen LogP contribution is -2.49. The van der Waals surface area contributed by atoms with Crippen molar-refractivity contribution in [3.05, 3.63) is 64.4 Å². The van der Waals surface area contributed by atoms with Crippen LogP contribution in [0, 0.1) is 0 Å². The van der Waals surface area contributed by atoms with Crippen molar-refractivity contribution in [1.29, 1.82) is 0 Å². The van der Waals surface area contributed by atoms with Gasteiger partial charge in [-0.3, -0.25) is 4.90 Å². The molecule has 4 rings (SSSR count). The summed E-state index contributed by atoms with van der Waals surface area (Å²) in [5.74, 6) is 3.09. The molecule has 33 heavy (non-hydrogen) atoms. The number of likely N-dealkylation sites (N-methyl/N-ethyl adjacent to an activating group) is 1. The molecule has 7 nitrogen and oxygen atoms in total. The molecule has 174 valence electrons. The number of nitrogens with zero attached hydrogens (tertiary/aromatic N) is 1. The van der Waals surface area contributed by atoms with E-state index in [1.165, 1.54) is 5.57 Å². The first-order valence-electron chi connectivity index (χ1n) is 10.6. The molecule has 0 spiro atoms. The molecule has 0 saturated carbocycles. The fourth-order valence-electron chi connectivity index (χ4n) is 4.35. The van der Waals surface area contributed by atoms with Crippen LogP contribution in [0.5, 0.6) is 23.0 Å². The normalized spacial score (nSPS) is 19.5. The van der Waals surface area contributed by atoms with Crippen LogP contribution in [-0.2, 0) is 0 Å². The fourth-order valence-corrected chi connectivity index (χ4v) is 4.57. The van der Waals surface area contributed by atoms with Crippen LogP contribution >= 0.6 is 12.2 Å². The van der Waals surface area contributed by atoms with Gasteiger partial charge in [-0.2, -0.15) is 0 Å². The first-order valence-corrected chi connectivity index (χ1v) is 11.0. The second kappa shape index (κ2) is 9.72. The van der Waals surface area contributed by atoms with E-state index in [1.54, 1.807) is 28.4 Å². The van der Waals surface area contributed by atoms with Crippen LogP contribution in [0.4, 0.5) is 0 Å². The highest BCUT2D eigenvalue weighted by atomic mass is 32.1. The predicted octanol–water partition coefficient (Wildman–Crippen LogP) is 3.52. The summed E-state index contributed by atoms with van der Waals surface area (Å²) < 4.78 is 22.2. The fraction of sp³-hybridized carbons (Fsp3) is 0.320. The highest BCUT2D eigenvalue weighted by Gasteiger charge is 2.34. The van der Waals surface area contributed by atoms with E-state index in [-0.39, 0.29) is 6.04 Å². The Balaban J connectivity index is 1.86. The molecule has 0 saturated heterocycles. The van der Waals surface area contributed by atoms with Crippen LogP contribution in [0.25, 0.3) is 6.08 Å². The Morgan fingerprint density at radius 3 is 2.24 bits per heavy atom. The molecule has 0 fully saturated rings. The number of ether oxygens (including phenoxy) is 4. The second-order valence-electron chi connectivity index (χ2n) is 7.99. The molecule has 2 N–H and O–H groups in total. The largest absolute Gasteiger partial charge is 0.497 e. The molecule has 0 aromatic heterocycles. The van der Waals surface area contributed by atoms with Gasteiger partial charge in [-0.15, -0.1) is 0 Å². The van der Waals surface area contributed by atoms with E-state index in [9.17, 15) is 0 Å². The number of nitrogens with one attached hydrogen (secondary N) is 2. The van der Waals surface area contributed by atoms with E-state index in [0.29, 0.717) is 5.11 Å². The van der Waals surface area contributed by atoms with Crippen molar-refractivity contribution in [2.45, 2.75) is 6.04 Å². The first kappa shape index (κ1) is 22.9. The van der Waals surface area contributed by atoms with E-state index >= 15 is 0 Å². The van der Waals surface area contributed by atoms with Gasteiger partial charge in [0.25, 0.3) is 0 Å². The maximum absolute atomic E-state index is 5.68. The van der Waals surface area contributed by atoms with E-state index in [1.807, 2.05) is 36.4 Å². The molecule has 2 aromatic carbocycles. The molecular weight excluding hydrogens is 438 g/mol. The predicted molar refractivity (Wildman–Crippen MR) is 133 cm³/mol. The molecule has 2 aliphatic heterocycles. The molecule has 2 aromatic rings. The third-order valence-electron chi connectivity index (χ3n) is 5.90. The highest BCUT2D eigenvalue weighted by molar-refractivity contribution is 7.80. The molecule has 1 atom stereocenters. The van der Waals surface area contributed by atoms with Crippen LogP contribution in [0.3, 0.4) is 0 Å². The Kier molecular flexibility index (Phi) is 6.76. The zero-order valence-electron chi connectivity index (χ0n) is 19.5. The van der Waals surface area contributed by atoms with Gasteiger partial charge < -0.3 is 29.6 Å². The van der Waals surface area contributed by atoms with Gasteiger partial charge in [0, 0.05) is 29.9 Å². The number of benzene rings is 2. The molecular formula is C25H29N3O4S. The number of thiocarbonyl (C=S) groups is 1. The van der Waals surface area contributed by atoms with Crippen molar-refractivity contribution in [2.75, 3.05) is 48.6 Å². The van der Waals surface area contributed by atoms with Crippen molar-refractivity contribution < 1.29 is 18.9 Å². The molecule has 2 aliphatic rings. The van der Waals surface area contributed by atoms with Crippen molar-refractivity contribution in [3.8, 4) is 23.0 Å². The van der Waals surface area contributed by atoms with Gasteiger partial charge in [-0.25, -0.2) is 0 Å². The Bertz CT molecular complexity index is 1130. The lowest BCUT2D eigenvalue weighted by atomic mass is 9.88. The molecule has 1 unspecified atom stereocenters. The van der Waals surface area contributed by atoms with Crippen molar-refractivity contribution in [3.63, 3.8) is 0 Å². The van der Waals surface area contributed by atoms with Gasteiger partial charge in [-0.05, 0) is 72.9 Å². The van der Waals surface area contributed by atoms with E-state index in [0.717, 1.165) is 58.5 Å². The SMILES string of the molecule is COc1ccc(OC)c(/C=C2\CN(C)CC3=C2NC(=S)NC3c2cc(OC)ccc2OC)c1. The van der Waals surface area contributed by atoms with Crippen LogP contribution in [0.15, 0.2) is 53.2 Å². The Morgan fingerprint density at radius 1 is 0.909 bits per heavy atom. The molecule has 0 amide bonds. The maximum atomic E-state index is 5.68. The number of methoxy groups -OCH3 is 4. The lowest BCUT2D eigenvalue weighted by Gasteiger charge is -2.39. The van der Waals surface area contributed by atoms with Gasteiger partial charge >= 0.3 is 0 Å². The van der Waals surface area contributed by atoms with Crippen LogP contribution < -0.4 is 29.6 Å². The van der Waals surface area contributed by atoms with Gasteiger partial charge in [-0.1, -0.05) is 0 Å². The van der Waals surface area contributed by atoms with Gasteiger partial charge in [0.1, 0.15) is 23.0 Å². The topological polar surface area (TPSA) is 64.2 Å². The average Bonchev–Trinajstić information content (AvgIpc) is 2.83. The second-order valence-corrected chi connectivity index (χ2v) is 8.40. The summed E-state index contributed by atoms with van der Waals surface area (Å²) in [7, 11) is 8.77. The average molecular weight is 468 g/mol. The van der Waals surface area contributed by atoms with Crippen molar-refractivity contribution >= 4 is 23.4 Å². The quantitative estimate of drug-likeness (QED) is 0.626. The van der Waals surface area contributed by atoms with Crippen LogP contribution in [0.2, 0.25) is 0 Å². The van der Waals surface area contributed by atoms with Crippen LogP contribution in [0.1, 0.15) is 17.2 Å². The van der Waals surface area contributed by atoms with Gasteiger partial charge in [0.15, 0.2) is 5.11 Å². The summed E-state index contributed by atoms with van der Waals surface area (Å²) in [5, 5.41) is 7.40. The molecule has 0 bridgehead atoms.